The predicted molar refractivity (Wildman–Crippen MR) is 78.9 cm³/mol. The standard InChI is InChI=1S/C12H10BrN3O2S/c13-10-5-8(6-19-10)12(17)15-9-3-1-7(2-4-9)11(14)16-18/h1-6,18H,(H2,14,16)(H,15,17). The zero-order chi connectivity index (χ0) is 13.8. The maximum Gasteiger partial charge on any atom is 0.256 e. The van der Waals surface area contributed by atoms with E-state index in [-0.39, 0.29) is 11.7 Å². The topological polar surface area (TPSA) is 87.7 Å². The van der Waals surface area contributed by atoms with Crippen molar-refractivity contribution in [3.05, 3.63) is 50.6 Å². The van der Waals surface area contributed by atoms with E-state index in [0.717, 1.165) is 3.79 Å². The summed E-state index contributed by atoms with van der Waals surface area (Å²) in [6.07, 6.45) is 0. The van der Waals surface area contributed by atoms with E-state index in [2.05, 4.69) is 26.4 Å². The molecule has 1 amide bonds. The fourth-order valence-corrected chi connectivity index (χ4v) is 2.55. The second-order valence-corrected chi connectivity index (χ2v) is 5.95. The Hall–Kier alpha value is -1.86. The fraction of sp³-hybridized carbons (Fsp3) is 0. The SMILES string of the molecule is N/C(=N/O)c1ccc(NC(=O)c2csc(Br)c2)cc1. The van der Waals surface area contributed by atoms with E-state index >= 15 is 0 Å². The van der Waals surface area contributed by atoms with Gasteiger partial charge >= 0.3 is 0 Å². The number of carbonyl (C=O) groups excluding carboxylic acids is 1. The molecule has 0 radical (unpaired) electrons. The van der Waals surface area contributed by atoms with E-state index in [0.29, 0.717) is 16.8 Å². The molecule has 0 saturated heterocycles. The average Bonchev–Trinajstić information content (AvgIpc) is 2.85. The lowest BCUT2D eigenvalue weighted by molar-refractivity contribution is 0.102. The van der Waals surface area contributed by atoms with Crippen molar-refractivity contribution in [1.82, 2.24) is 0 Å². The lowest BCUT2D eigenvalue weighted by Crippen LogP contribution is -2.14. The van der Waals surface area contributed by atoms with Crippen LogP contribution in [0.15, 0.2) is 44.7 Å². The maximum atomic E-state index is 11.9. The van der Waals surface area contributed by atoms with Crippen LogP contribution in [0.25, 0.3) is 0 Å². The van der Waals surface area contributed by atoms with Gasteiger partial charge in [0.15, 0.2) is 5.84 Å². The number of nitrogens with one attached hydrogen (secondary N) is 1. The van der Waals surface area contributed by atoms with Crippen LogP contribution in [0.2, 0.25) is 0 Å². The molecule has 0 atom stereocenters. The van der Waals surface area contributed by atoms with Crippen LogP contribution in [0, 0.1) is 0 Å². The lowest BCUT2D eigenvalue weighted by Gasteiger charge is -2.04. The van der Waals surface area contributed by atoms with Crippen LogP contribution in [0.4, 0.5) is 5.69 Å². The molecule has 1 aromatic carbocycles. The predicted octanol–water partition coefficient (Wildman–Crippen LogP) is 2.86. The second kappa shape index (κ2) is 5.85. The van der Waals surface area contributed by atoms with E-state index in [4.69, 9.17) is 10.9 Å². The van der Waals surface area contributed by atoms with Gasteiger partial charge in [0.05, 0.1) is 9.35 Å². The molecule has 19 heavy (non-hydrogen) atoms. The van der Waals surface area contributed by atoms with Crippen molar-refractivity contribution in [3.8, 4) is 0 Å². The highest BCUT2D eigenvalue weighted by atomic mass is 79.9. The second-order valence-electron chi connectivity index (χ2n) is 3.66. The maximum absolute atomic E-state index is 11.9. The summed E-state index contributed by atoms with van der Waals surface area (Å²) in [5.41, 5.74) is 7.27. The Balaban J connectivity index is 2.10. The van der Waals surface area contributed by atoms with E-state index in [1.807, 2.05) is 0 Å². The number of hydrogen-bond acceptors (Lipinski definition) is 4. The fourth-order valence-electron chi connectivity index (χ4n) is 1.41. The summed E-state index contributed by atoms with van der Waals surface area (Å²) in [6.45, 7) is 0. The van der Waals surface area contributed by atoms with Gasteiger partial charge in [-0.3, -0.25) is 4.79 Å². The van der Waals surface area contributed by atoms with E-state index in [9.17, 15) is 4.79 Å². The first kappa shape index (κ1) is 13.6. The molecule has 1 heterocycles. The van der Waals surface area contributed by atoms with E-state index < -0.39 is 0 Å². The first-order valence-corrected chi connectivity index (χ1v) is 6.91. The number of carbonyl (C=O) groups is 1. The minimum atomic E-state index is -0.182. The molecule has 0 unspecified atom stereocenters. The molecule has 0 bridgehead atoms. The third-order valence-electron chi connectivity index (χ3n) is 2.38. The highest BCUT2D eigenvalue weighted by molar-refractivity contribution is 9.11. The molecular weight excluding hydrogens is 330 g/mol. The van der Waals surface area contributed by atoms with Gasteiger partial charge in [-0.1, -0.05) is 5.16 Å². The van der Waals surface area contributed by atoms with Gasteiger partial charge in [0.25, 0.3) is 5.91 Å². The lowest BCUT2D eigenvalue weighted by atomic mass is 10.2. The first-order valence-electron chi connectivity index (χ1n) is 5.23. The van der Waals surface area contributed by atoms with Crippen molar-refractivity contribution in [2.75, 3.05) is 5.32 Å². The summed E-state index contributed by atoms with van der Waals surface area (Å²) in [5, 5.41) is 16.0. The van der Waals surface area contributed by atoms with Crippen LogP contribution < -0.4 is 11.1 Å². The summed E-state index contributed by atoms with van der Waals surface area (Å²) < 4.78 is 0.903. The third kappa shape index (κ3) is 3.33. The number of nitrogens with two attached hydrogens (primary N) is 1. The third-order valence-corrected chi connectivity index (χ3v) is 3.88. The molecule has 2 aromatic rings. The van der Waals surface area contributed by atoms with Crippen LogP contribution in [-0.2, 0) is 0 Å². The number of rotatable bonds is 3. The molecule has 4 N–H and O–H groups in total. The van der Waals surface area contributed by atoms with Crippen LogP contribution in [-0.4, -0.2) is 17.0 Å². The average molecular weight is 340 g/mol. The quantitative estimate of drug-likeness (QED) is 0.347. The summed E-state index contributed by atoms with van der Waals surface area (Å²) in [7, 11) is 0. The van der Waals surface area contributed by atoms with Gasteiger partial charge in [-0.05, 0) is 46.3 Å². The molecule has 0 spiro atoms. The van der Waals surface area contributed by atoms with Gasteiger partial charge in [-0.25, -0.2) is 0 Å². The van der Waals surface area contributed by atoms with Gasteiger partial charge in [-0.15, -0.1) is 11.3 Å². The molecule has 5 nitrogen and oxygen atoms in total. The van der Waals surface area contributed by atoms with Crippen molar-refractivity contribution < 1.29 is 10.0 Å². The van der Waals surface area contributed by atoms with Gasteiger partial charge in [-0.2, -0.15) is 0 Å². The summed E-state index contributed by atoms with van der Waals surface area (Å²) >= 11 is 4.76. The highest BCUT2D eigenvalue weighted by Gasteiger charge is 2.08. The number of amidine groups is 1. The summed E-state index contributed by atoms with van der Waals surface area (Å²) in [5.74, 6) is -0.155. The number of nitrogens with zero attached hydrogens (tertiary/aromatic N) is 1. The van der Waals surface area contributed by atoms with Crippen LogP contribution in [0.5, 0.6) is 0 Å². The molecule has 0 aliphatic carbocycles. The Morgan fingerprint density at radius 2 is 2.00 bits per heavy atom. The van der Waals surface area contributed by atoms with Crippen LogP contribution in [0.3, 0.4) is 0 Å². The zero-order valence-corrected chi connectivity index (χ0v) is 12.0. The largest absolute Gasteiger partial charge is 0.409 e. The summed E-state index contributed by atoms with van der Waals surface area (Å²) in [4.78, 5) is 11.9. The number of anilines is 1. The van der Waals surface area contributed by atoms with Crippen molar-refractivity contribution >= 4 is 44.7 Å². The molecule has 98 valence electrons. The molecule has 0 fully saturated rings. The molecule has 7 heteroatoms. The van der Waals surface area contributed by atoms with Gasteiger partial charge in [0, 0.05) is 16.6 Å². The summed E-state index contributed by atoms with van der Waals surface area (Å²) in [6, 6.07) is 8.45. The molecule has 1 aromatic heterocycles. The minimum absolute atomic E-state index is 0.0274. The van der Waals surface area contributed by atoms with Gasteiger partial charge in [0.1, 0.15) is 0 Å². The monoisotopic (exact) mass is 339 g/mol. The number of benzene rings is 1. The Labute approximate surface area is 121 Å². The van der Waals surface area contributed by atoms with Crippen LogP contribution >= 0.6 is 27.3 Å². The van der Waals surface area contributed by atoms with E-state index in [1.165, 1.54) is 11.3 Å². The molecule has 0 aliphatic rings. The van der Waals surface area contributed by atoms with Crippen molar-refractivity contribution in [3.63, 3.8) is 0 Å². The first-order chi connectivity index (χ1) is 9.10. The molecule has 2 rings (SSSR count). The normalized spacial score (nSPS) is 11.3. The van der Waals surface area contributed by atoms with Gasteiger partial charge in [0.2, 0.25) is 0 Å². The molecule has 0 saturated carbocycles. The Morgan fingerprint density at radius 1 is 1.32 bits per heavy atom. The smallest absolute Gasteiger partial charge is 0.256 e. The number of oxime groups is 1. The van der Waals surface area contributed by atoms with E-state index in [1.54, 1.807) is 35.7 Å². The van der Waals surface area contributed by atoms with Crippen molar-refractivity contribution in [1.29, 1.82) is 0 Å². The van der Waals surface area contributed by atoms with Gasteiger partial charge < -0.3 is 16.3 Å². The number of amides is 1. The Bertz CT molecular complexity index is 622. The Kier molecular flexibility index (Phi) is 4.18. The van der Waals surface area contributed by atoms with Crippen molar-refractivity contribution in [2.45, 2.75) is 0 Å². The number of thiophene rings is 1. The molecule has 0 aliphatic heterocycles. The number of halogens is 1. The highest BCUT2D eigenvalue weighted by Crippen LogP contribution is 2.21. The molecular formula is C12H10BrN3O2S. The minimum Gasteiger partial charge on any atom is -0.409 e. The van der Waals surface area contributed by atoms with Crippen molar-refractivity contribution in [2.24, 2.45) is 10.9 Å². The Morgan fingerprint density at radius 3 is 2.53 bits per heavy atom. The number of hydrogen-bond donors (Lipinski definition) is 3. The van der Waals surface area contributed by atoms with Crippen LogP contribution in [0.1, 0.15) is 15.9 Å². The zero-order valence-electron chi connectivity index (χ0n) is 9.63.